The first kappa shape index (κ1) is 40.1. The molecule has 0 spiro atoms. The first-order chi connectivity index (χ1) is 26.1. The monoisotopic (exact) mass is 799 g/mol. The molecule has 1 heterocycles. The van der Waals surface area contributed by atoms with Gasteiger partial charge in [-0.25, -0.2) is 0 Å². The maximum Gasteiger partial charge on any atom is 0.285 e. The minimum atomic E-state index is -0.777. The maximum atomic E-state index is 14.2. The van der Waals surface area contributed by atoms with Crippen molar-refractivity contribution in [3.63, 3.8) is 0 Å². The lowest BCUT2D eigenvalue weighted by Gasteiger charge is -2.28. The summed E-state index contributed by atoms with van der Waals surface area (Å²) in [4.78, 5) is 46.8. The predicted molar refractivity (Wildman–Crippen MR) is 219 cm³/mol. The number of rotatable bonds is 14. The molecule has 0 aliphatic carbocycles. The summed E-state index contributed by atoms with van der Waals surface area (Å²) in [5.41, 5.74) is 3.10. The van der Waals surface area contributed by atoms with Crippen LogP contribution in [0.25, 0.3) is 6.08 Å². The van der Waals surface area contributed by atoms with Crippen molar-refractivity contribution in [3.05, 3.63) is 170 Å². The molecule has 0 fully saturated rings. The highest BCUT2D eigenvalue weighted by molar-refractivity contribution is 8.14. The third-order valence-electron chi connectivity index (χ3n) is 7.94. The Kier molecular flexibility index (Phi) is 14.4. The summed E-state index contributed by atoms with van der Waals surface area (Å²) < 4.78 is 11.9. The van der Waals surface area contributed by atoms with Crippen LogP contribution in [0.15, 0.2) is 138 Å². The van der Waals surface area contributed by atoms with Gasteiger partial charge in [0.05, 0.1) is 23.4 Å². The number of aliphatic imine (C=N–C) groups is 1. The van der Waals surface area contributed by atoms with Crippen molar-refractivity contribution in [2.75, 3.05) is 12.4 Å². The molecule has 0 aromatic heterocycles. The number of carbonyl (C=O) groups is 3. The van der Waals surface area contributed by atoms with Crippen LogP contribution in [0, 0.1) is 0 Å². The third kappa shape index (κ3) is 10.1. The highest BCUT2D eigenvalue weighted by Crippen LogP contribution is 2.39. The molecule has 0 unspecified atom stereocenters. The molecule has 1 aliphatic rings. The van der Waals surface area contributed by atoms with E-state index in [0.717, 1.165) is 22.9 Å². The van der Waals surface area contributed by atoms with Crippen molar-refractivity contribution in [2.24, 2.45) is 4.99 Å². The molecule has 54 heavy (non-hydrogen) atoms. The van der Waals surface area contributed by atoms with Gasteiger partial charge in [-0.3, -0.25) is 19.3 Å². The fourth-order valence-electron chi connectivity index (χ4n) is 5.42. The smallest absolute Gasteiger partial charge is 0.285 e. The number of hydrogen-bond acceptors (Lipinski definition) is 6. The van der Waals surface area contributed by atoms with Gasteiger partial charge in [0.1, 0.15) is 12.2 Å². The van der Waals surface area contributed by atoms with E-state index in [1.807, 2.05) is 60.7 Å². The van der Waals surface area contributed by atoms with E-state index in [-0.39, 0.29) is 46.4 Å². The Morgan fingerprint density at radius 3 is 2.24 bits per heavy atom. The number of ether oxygens (including phenoxy) is 2. The zero-order valence-electron chi connectivity index (χ0n) is 29.4. The fraction of sp³-hybridized carbons (Fsp3) is 0.143. The Balaban J connectivity index is 1.42. The number of benzene rings is 4. The summed E-state index contributed by atoms with van der Waals surface area (Å²) in [5.74, 6) is -1.30. The number of nitrogens with zero attached hydrogens (tertiary/aromatic N) is 2. The quantitative estimate of drug-likeness (QED) is 0.0775. The molecule has 0 saturated heterocycles. The Hall–Kier alpha value is -5.06. The molecule has 1 N–H and O–H groups in total. The molecule has 4 aromatic rings. The van der Waals surface area contributed by atoms with Crippen LogP contribution in [0.1, 0.15) is 42.1 Å². The lowest BCUT2D eigenvalue weighted by molar-refractivity contribution is -0.126. The first-order valence-corrected chi connectivity index (χ1v) is 18.9. The van der Waals surface area contributed by atoms with E-state index in [0.29, 0.717) is 32.6 Å². The van der Waals surface area contributed by atoms with Crippen LogP contribution in [0.2, 0.25) is 15.1 Å². The van der Waals surface area contributed by atoms with E-state index < -0.39 is 17.9 Å². The number of carbonyl (C=O) groups excluding carboxylic acids is 3. The first-order valence-electron chi connectivity index (χ1n) is 16.8. The molecule has 0 atom stereocenters. The van der Waals surface area contributed by atoms with E-state index >= 15 is 0 Å². The van der Waals surface area contributed by atoms with E-state index in [4.69, 9.17) is 44.3 Å². The highest BCUT2D eigenvalue weighted by atomic mass is 35.5. The average Bonchev–Trinajstić information content (AvgIpc) is 3.16. The second-order valence-corrected chi connectivity index (χ2v) is 13.8. The van der Waals surface area contributed by atoms with Crippen molar-refractivity contribution in [1.82, 2.24) is 10.2 Å². The maximum absolute atomic E-state index is 14.2. The van der Waals surface area contributed by atoms with E-state index in [2.05, 4.69) is 16.9 Å². The SMILES string of the molecule is C=C/C=C\C(=C/C)N1C(=O)/C(=C/c2cc(Cl)c(OCc3ccc(Cl)cc3Cl)c(OCC)c2)C(=O)N=C1SCC(=O)NC(c1ccccc1)c1ccccc1. The van der Waals surface area contributed by atoms with Crippen LogP contribution >= 0.6 is 46.6 Å². The Bertz CT molecular complexity index is 2110. The van der Waals surface area contributed by atoms with Gasteiger partial charge in [-0.1, -0.05) is 138 Å². The van der Waals surface area contributed by atoms with Crippen LogP contribution in [-0.2, 0) is 21.0 Å². The molecule has 5 rings (SSSR count). The number of amidine groups is 1. The normalized spacial score (nSPS) is 14.1. The number of halogens is 3. The summed E-state index contributed by atoms with van der Waals surface area (Å²) in [7, 11) is 0. The number of nitrogens with one attached hydrogen (secondary N) is 1. The molecule has 3 amide bonds. The number of amides is 3. The summed E-state index contributed by atoms with van der Waals surface area (Å²) in [6, 6.07) is 27.0. The standard InChI is InChI=1S/C42H36Cl3N3O5S/c1-4-7-18-32(5-2)48-41(51)33(21-27-22-35(45)39(36(23-27)52-6-3)53-25-30-19-20-31(43)24-34(30)44)40(50)47-42(48)54-26-37(49)46-38(28-14-10-8-11-15-28)29-16-12-9-13-17-29/h4-5,7-24,38H,1,6,25-26H2,2-3H3,(H,46,49)/b18-7-,32-5+,33-21+. The average molecular weight is 801 g/mol. The number of thioether (sulfide) groups is 1. The van der Waals surface area contributed by atoms with Gasteiger partial charge in [0.25, 0.3) is 11.8 Å². The lowest BCUT2D eigenvalue weighted by Crippen LogP contribution is -2.42. The second-order valence-electron chi connectivity index (χ2n) is 11.6. The van der Waals surface area contributed by atoms with Crippen molar-refractivity contribution in [1.29, 1.82) is 0 Å². The molecule has 0 saturated carbocycles. The fourth-order valence-corrected chi connectivity index (χ4v) is 6.97. The van der Waals surface area contributed by atoms with Crippen LogP contribution in [0.3, 0.4) is 0 Å². The summed E-state index contributed by atoms with van der Waals surface area (Å²) in [5, 5.41) is 4.25. The number of hydrogen-bond donors (Lipinski definition) is 1. The van der Waals surface area contributed by atoms with Gasteiger partial charge in [-0.05, 0) is 67.0 Å². The Labute approximate surface area is 333 Å². The lowest BCUT2D eigenvalue weighted by atomic mass is 9.99. The minimum Gasteiger partial charge on any atom is -0.490 e. The van der Waals surface area contributed by atoms with Gasteiger partial charge < -0.3 is 14.8 Å². The van der Waals surface area contributed by atoms with E-state index in [9.17, 15) is 14.4 Å². The van der Waals surface area contributed by atoms with Gasteiger partial charge in [-0.15, -0.1) is 0 Å². The molecule has 276 valence electrons. The van der Waals surface area contributed by atoms with Gasteiger partial charge in [-0.2, -0.15) is 4.99 Å². The second kappa shape index (κ2) is 19.3. The molecular weight excluding hydrogens is 765 g/mol. The van der Waals surface area contributed by atoms with Gasteiger partial charge in [0.15, 0.2) is 16.7 Å². The zero-order valence-corrected chi connectivity index (χ0v) is 32.5. The van der Waals surface area contributed by atoms with Crippen molar-refractivity contribution < 1.29 is 23.9 Å². The van der Waals surface area contributed by atoms with Gasteiger partial charge in [0, 0.05) is 21.3 Å². The van der Waals surface area contributed by atoms with Crippen molar-refractivity contribution >= 4 is 75.5 Å². The summed E-state index contributed by atoms with van der Waals surface area (Å²) in [6.07, 6.45) is 7.99. The molecule has 4 aromatic carbocycles. The van der Waals surface area contributed by atoms with Gasteiger partial charge >= 0.3 is 0 Å². The number of allylic oxidation sites excluding steroid dienone is 4. The topological polar surface area (TPSA) is 97.3 Å². The minimum absolute atomic E-state index is 0.0488. The zero-order chi connectivity index (χ0) is 38.6. The molecule has 8 nitrogen and oxygen atoms in total. The third-order valence-corrected chi connectivity index (χ3v) is 9.75. The molecule has 0 bridgehead atoms. The van der Waals surface area contributed by atoms with Crippen LogP contribution in [-0.4, -0.2) is 40.1 Å². The molecule has 12 heteroatoms. The summed E-state index contributed by atoms with van der Waals surface area (Å²) >= 11 is 20.0. The summed E-state index contributed by atoms with van der Waals surface area (Å²) in [6.45, 7) is 7.65. The van der Waals surface area contributed by atoms with Gasteiger partial charge in [0.2, 0.25) is 5.91 Å². The van der Waals surface area contributed by atoms with Crippen molar-refractivity contribution in [2.45, 2.75) is 26.5 Å². The van der Waals surface area contributed by atoms with E-state index in [1.54, 1.807) is 68.5 Å². The van der Waals surface area contributed by atoms with Crippen LogP contribution in [0.4, 0.5) is 0 Å². The molecule has 1 aliphatic heterocycles. The largest absolute Gasteiger partial charge is 0.490 e. The van der Waals surface area contributed by atoms with Crippen LogP contribution in [0.5, 0.6) is 11.5 Å². The molecular formula is C42H36Cl3N3O5S. The Morgan fingerprint density at radius 2 is 1.63 bits per heavy atom. The van der Waals surface area contributed by atoms with Crippen molar-refractivity contribution in [3.8, 4) is 11.5 Å². The Morgan fingerprint density at radius 1 is 0.944 bits per heavy atom. The predicted octanol–water partition coefficient (Wildman–Crippen LogP) is 10.0. The van der Waals surface area contributed by atoms with Crippen LogP contribution < -0.4 is 14.8 Å². The molecule has 0 radical (unpaired) electrons. The highest BCUT2D eigenvalue weighted by Gasteiger charge is 2.35. The van der Waals surface area contributed by atoms with E-state index in [1.165, 1.54) is 11.0 Å².